The molecule has 0 atom stereocenters. The van der Waals surface area contributed by atoms with Crippen molar-refractivity contribution in [3.63, 3.8) is 0 Å². The molecular formula is C52H32N2S2. The molecule has 0 aliphatic heterocycles. The first-order chi connectivity index (χ1) is 27.8. The lowest BCUT2D eigenvalue weighted by Crippen LogP contribution is -2.10. The van der Waals surface area contributed by atoms with Crippen molar-refractivity contribution in [1.82, 2.24) is 4.57 Å². The molecule has 0 spiro atoms. The first-order valence-corrected chi connectivity index (χ1v) is 20.6. The Bertz CT molecular complexity index is 3480. The van der Waals surface area contributed by atoms with Gasteiger partial charge in [-0.3, -0.25) is 0 Å². The third-order valence-electron chi connectivity index (χ3n) is 11.4. The van der Waals surface area contributed by atoms with E-state index in [0.29, 0.717) is 0 Å². The van der Waals surface area contributed by atoms with E-state index < -0.39 is 0 Å². The van der Waals surface area contributed by atoms with Crippen LogP contribution in [0.15, 0.2) is 194 Å². The lowest BCUT2D eigenvalue weighted by atomic mass is 10.0. The number of thiophene rings is 2. The molecule has 0 N–H and O–H groups in total. The maximum atomic E-state index is 2.49. The minimum Gasteiger partial charge on any atom is -0.309 e. The average molecular weight is 749 g/mol. The molecule has 4 heteroatoms. The van der Waals surface area contributed by atoms with Crippen molar-refractivity contribution in [3.05, 3.63) is 194 Å². The lowest BCUT2D eigenvalue weighted by molar-refractivity contribution is 1.19. The van der Waals surface area contributed by atoms with Crippen LogP contribution in [-0.4, -0.2) is 4.57 Å². The van der Waals surface area contributed by atoms with Gasteiger partial charge < -0.3 is 9.47 Å². The van der Waals surface area contributed by atoms with E-state index in [-0.39, 0.29) is 0 Å². The molecule has 0 aliphatic rings. The molecule has 56 heavy (non-hydrogen) atoms. The van der Waals surface area contributed by atoms with Gasteiger partial charge in [0, 0.05) is 63.2 Å². The van der Waals surface area contributed by atoms with Crippen LogP contribution in [0, 0.1) is 0 Å². The molecule has 2 nitrogen and oxygen atoms in total. The van der Waals surface area contributed by atoms with Crippen LogP contribution in [0.3, 0.4) is 0 Å². The fourth-order valence-corrected chi connectivity index (χ4v) is 11.2. The maximum absolute atomic E-state index is 2.49. The Kier molecular flexibility index (Phi) is 7.00. The van der Waals surface area contributed by atoms with Gasteiger partial charge in [-0.15, -0.1) is 22.7 Å². The monoisotopic (exact) mass is 748 g/mol. The van der Waals surface area contributed by atoms with Crippen LogP contribution in [0.2, 0.25) is 0 Å². The summed E-state index contributed by atoms with van der Waals surface area (Å²) >= 11 is 3.75. The molecule has 0 amide bonds. The summed E-state index contributed by atoms with van der Waals surface area (Å²) in [5.41, 5.74) is 9.52. The van der Waals surface area contributed by atoms with E-state index in [1.54, 1.807) is 0 Å². The Hall–Kier alpha value is -6.72. The van der Waals surface area contributed by atoms with Crippen LogP contribution in [0.25, 0.3) is 89.7 Å². The minimum atomic E-state index is 1.13. The number of fused-ring (bicyclic) bond motifs is 11. The van der Waals surface area contributed by atoms with Gasteiger partial charge in [0.15, 0.2) is 0 Å². The average Bonchev–Trinajstić information content (AvgIpc) is 3.94. The van der Waals surface area contributed by atoms with E-state index >= 15 is 0 Å². The third-order valence-corrected chi connectivity index (χ3v) is 13.7. The first-order valence-electron chi connectivity index (χ1n) is 19.0. The Morgan fingerprint density at radius 1 is 0.393 bits per heavy atom. The Morgan fingerprint density at radius 2 is 1.04 bits per heavy atom. The van der Waals surface area contributed by atoms with Gasteiger partial charge in [-0.2, -0.15) is 0 Å². The van der Waals surface area contributed by atoms with Crippen molar-refractivity contribution >= 4 is 113 Å². The van der Waals surface area contributed by atoms with E-state index in [1.165, 1.54) is 95.4 Å². The second-order valence-corrected chi connectivity index (χ2v) is 16.6. The zero-order valence-corrected chi connectivity index (χ0v) is 31.8. The number of anilines is 3. The standard InChI is InChI=1S/C52H32N2S2/c1-2-13-36(14-3-1)54-46-32-35(27-30-39(46)41-31-26-34-12-4-5-15-38(34)51(41)54)33-24-28-37(29-25-33)53(44-19-11-23-49-50(44)43-17-7-9-22-48(43)55-49)45-20-10-18-42-40-16-6-8-21-47(40)56-52(42)45/h1-32H. The molecule has 9 aromatic carbocycles. The van der Waals surface area contributed by atoms with Crippen molar-refractivity contribution in [2.75, 3.05) is 4.90 Å². The topological polar surface area (TPSA) is 8.17 Å². The van der Waals surface area contributed by atoms with E-state index in [1.807, 2.05) is 22.7 Å². The van der Waals surface area contributed by atoms with Gasteiger partial charge in [-0.25, -0.2) is 0 Å². The quantitative estimate of drug-likeness (QED) is 0.170. The van der Waals surface area contributed by atoms with Crippen molar-refractivity contribution in [2.45, 2.75) is 0 Å². The van der Waals surface area contributed by atoms with Gasteiger partial charge in [0.2, 0.25) is 0 Å². The highest BCUT2D eigenvalue weighted by molar-refractivity contribution is 7.26. The number of hydrogen-bond acceptors (Lipinski definition) is 3. The fraction of sp³-hybridized carbons (Fsp3) is 0. The fourth-order valence-electron chi connectivity index (χ4n) is 8.86. The normalized spacial score (nSPS) is 11.9. The van der Waals surface area contributed by atoms with Gasteiger partial charge in [0.05, 0.1) is 27.1 Å². The number of para-hydroxylation sites is 1. The summed E-state index contributed by atoms with van der Waals surface area (Å²) in [5, 5.41) is 10.2. The molecule has 12 rings (SSSR count). The molecule has 0 saturated carbocycles. The van der Waals surface area contributed by atoms with E-state index in [4.69, 9.17) is 0 Å². The molecule has 12 aromatic rings. The molecule has 0 bridgehead atoms. The van der Waals surface area contributed by atoms with Crippen LogP contribution >= 0.6 is 22.7 Å². The molecule has 0 aliphatic carbocycles. The zero-order chi connectivity index (χ0) is 36.7. The van der Waals surface area contributed by atoms with E-state index in [0.717, 1.165) is 11.4 Å². The Balaban J connectivity index is 1.06. The number of hydrogen-bond donors (Lipinski definition) is 0. The number of rotatable bonds is 5. The number of aromatic nitrogens is 1. The van der Waals surface area contributed by atoms with Crippen LogP contribution < -0.4 is 4.90 Å². The summed E-state index contributed by atoms with van der Waals surface area (Å²) in [6.07, 6.45) is 0. The SMILES string of the molecule is c1ccc(-n2c3cc(-c4ccc(N(c5cccc6c5sc5ccccc56)c5cccc6sc7ccccc7c56)cc4)ccc3c3ccc4ccccc4c32)cc1. The molecule has 0 unspecified atom stereocenters. The Labute approximate surface area is 331 Å². The molecule has 0 saturated heterocycles. The van der Waals surface area contributed by atoms with Crippen molar-refractivity contribution in [3.8, 4) is 16.8 Å². The summed E-state index contributed by atoms with van der Waals surface area (Å²) in [4.78, 5) is 2.49. The predicted octanol–water partition coefficient (Wildman–Crippen LogP) is 15.8. The molecular weight excluding hydrogens is 717 g/mol. The van der Waals surface area contributed by atoms with Crippen LogP contribution in [0.1, 0.15) is 0 Å². The highest BCUT2D eigenvalue weighted by Crippen LogP contribution is 2.49. The van der Waals surface area contributed by atoms with Crippen molar-refractivity contribution < 1.29 is 0 Å². The number of nitrogens with zero attached hydrogens (tertiary/aromatic N) is 2. The van der Waals surface area contributed by atoms with Gasteiger partial charge in [-0.05, 0) is 77.2 Å². The molecule has 3 heterocycles. The number of benzene rings is 9. The third kappa shape index (κ3) is 4.73. The predicted molar refractivity (Wildman–Crippen MR) is 244 cm³/mol. The summed E-state index contributed by atoms with van der Waals surface area (Å²) in [6.45, 7) is 0. The van der Waals surface area contributed by atoms with Crippen LogP contribution in [0.4, 0.5) is 17.1 Å². The highest BCUT2D eigenvalue weighted by atomic mass is 32.1. The highest BCUT2D eigenvalue weighted by Gasteiger charge is 2.22. The molecule has 0 radical (unpaired) electrons. The summed E-state index contributed by atoms with van der Waals surface area (Å²) in [5.74, 6) is 0. The smallest absolute Gasteiger partial charge is 0.0640 e. The van der Waals surface area contributed by atoms with Gasteiger partial charge >= 0.3 is 0 Å². The van der Waals surface area contributed by atoms with Crippen LogP contribution in [0.5, 0.6) is 0 Å². The van der Waals surface area contributed by atoms with Gasteiger partial charge in [-0.1, -0.05) is 133 Å². The summed E-state index contributed by atoms with van der Waals surface area (Å²) in [6, 6.07) is 71.4. The van der Waals surface area contributed by atoms with Gasteiger partial charge in [0.25, 0.3) is 0 Å². The molecule has 262 valence electrons. The Morgan fingerprint density at radius 3 is 1.89 bits per heavy atom. The maximum Gasteiger partial charge on any atom is 0.0640 e. The van der Waals surface area contributed by atoms with E-state index in [9.17, 15) is 0 Å². The second-order valence-electron chi connectivity index (χ2n) is 14.5. The molecule has 0 fully saturated rings. The molecule has 3 aromatic heterocycles. The minimum absolute atomic E-state index is 1.13. The summed E-state index contributed by atoms with van der Waals surface area (Å²) < 4.78 is 7.65. The van der Waals surface area contributed by atoms with Crippen molar-refractivity contribution in [1.29, 1.82) is 0 Å². The van der Waals surface area contributed by atoms with Crippen LogP contribution in [-0.2, 0) is 0 Å². The van der Waals surface area contributed by atoms with Gasteiger partial charge in [0.1, 0.15) is 0 Å². The lowest BCUT2D eigenvalue weighted by Gasteiger charge is -2.27. The summed E-state index contributed by atoms with van der Waals surface area (Å²) in [7, 11) is 0. The van der Waals surface area contributed by atoms with E-state index in [2.05, 4.69) is 204 Å². The first kappa shape index (κ1) is 31.6. The van der Waals surface area contributed by atoms with Crippen molar-refractivity contribution in [2.24, 2.45) is 0 Å². The zero-order valence-electron chi connectivity index (χ0n) is 30.2. The largest absolute Gasteiger partial charge is 0.309 e. The second kappa shape index (κ2) is 12.4.